The molecule has 2 aliphatic heterocycles. The number of rotatable bonds is 7. The van der Waals surface area contributed by atoms with Crippen LogP contribution in [0, 0.1) is 5.92 Å². The van der Waals surface area contributed by atoms with Crippen LogP contribution < -0.4 is 5.32 Å². The van der Waals surface area contributed by atoms with E-state index in [4.69, 9.17) is 9.47 Å². The Morgan fingerprint density at radius 1 is 1.25 bits per heavy atom. The molecule has 5 heteroatoms. The highest BCUT2D eigenvalue weighted by atomic mass is 16.5. The molecule has 0 aliphatic carbocycles. The van der Waals surface area contributed by atoms with Crippen molar-refractivity contribution in [2.24, 2.45) is 10.9 Å². The lowest BCUT2D eigenvalue weighted by atomic mass is 10.1. The zero-order chi connectivity index (χ0) is 17.2. The molecule has 24 heavy (non-hydrogen) atoms. The molecule has 2 aliphatic rings. The van der Waals surface area contributed by atoms with E-state index in [9.17, 15) is 0 Å². The van der Waals surface area contributed by atoms with Gasteiger partial charge in [0.05, 0.1) is 18.8 Å². The maximum Gasteiger partial charge on any atom is 0.193 e. The number of ether oxygens (including phenoxy) is 2. The first-order valence-corrected chi connectivity index (χ1v) is 9.88. The minimum Gasteiger partial charge on any atom is -0.376 e. The van der Waals surface area contributed by atoms with Gasteiger partial charge in [-0.3, -0.25) is 4.99 Å². The Bertz CT molecular complexity index is 360. The van der Waals surface area contributed by atoms with Gasteiger partial charge >= 0.3 is 0 Å². The zero-order valence-electron chi connectivity index (χ0n) is 15.9. The Morgan fingerprint density at radius 3 is 2.67 bits per heavy atom. The van der Waals surface area contributed by atoms with Gasteiger partial charge in [-0.1, -0.05) is 13.8 Å². The summed E-state index contributed by atoms with van der Waals surface area (Å²) < 4.78 is 11.8. The molecule has 2 rings (SSSR count). The van der Waals surface area contributed by atoms with Crippen molar-refractivity contribution in [3.63, 3.8) is 0 Å². The van der Waals surface area contributed by atoms with Crippen LogP contribution in [0.2, 0.25) is 0 Å². The lowest BCUT2D eigenvalue weighted by Gasteiger charge is -2.35. The van der Waals surface area contributed by atoms with Gasteiger partial charge in [-0.15, -0.1) is 0 Å². The first kappa shape index (κ1) is 19.5. The molecule has 1 atom stereocenters. The van der Waals surface area contributed by atoms with Gasteiger partial charge in [-0.2, -0.15) is 0 Å². The van der Waals surface area contributed by atoms with E-state index >= 15 is 0 Å². The molecule has 0 radical (unpaired) electrons. The molecule has 1 unspecified atom stereocenters. The van der Waals surface area contributed by atoms with E-state index in [0.717, 1.165) is 64.0 Å². The third-order valence-electron chi connectivity index (χ3n) is 4.99. The van der Waals surface area contributed by atoms with Gasteiger partial charge in [0.25, 0.3) is 0 Å². The molecule has 2 heterocycles. The Hall–Kier alpha value is -0.810. The van der Waals surface area contributed by atoms with Crippen molar-refractivity contribution in [1.82, 2.24) is 10.2 Å². The van der Waals surface area contributed by atoms with Gasteiger partial charge in [-0.05, 0) is 50.9 Å². The van der Waals surface area contributed by atoms with E-state index in [1.165, 1.54) is 25.7 Å². The third-order valence-corrected chi connectivity index (χ3v) is 4.99. The largest absolute Gasteiger partial charge is 0.376 e. The summed E-state index contributed by atoms with van der Waals surface area (Å²) >= 11 is 0. The summed E-state index contributed by atoms with van der Waals surface area (Å²) in [7, 11) is 1.88. The van der Waals surface area contributed by atoms with E-state index in [1.807, 2.05) is 7.05 Å². The number of piperidine rings is 1. The van der Waals surface area contributed by atoms with Crippen LogP contribution in [0.3, 0.4) is 0 Å². The standard InChI is InChI=1S/C19H37N3O2/c1-16(2)7-6-11-21-19(20-3)22-12-9-17(10-13-22)24-15-18-8-4-5-14-23-18/h16-18H,4-15H2,1-3H3,(H,20,21). The first-order valence-electron chi connectivity index (χ1n) is 9.88. The summed E-state index contributed by atoms with van der Waals surface area (Å²) in [4.78, 5) is 6.81. The molecule has 0 amide bonds. The van der Waals surface area contributed by atoms with Crippen LogP contribution >= 0.6 is 0 Å². The normalized spacial score (nSPS) is 23.8. The van der Waals surface area contributed by atoms with Crippen molar-refractivity contribution in [2.45, 2.75) is 71.0 Å². The monoisotopic (exact) mass is 339 g/mol. The lowest BCUT2D eigenvalue weighted by Crippen LogP contribution is -2.47. The van der Waals surface area contributed by atoms with Gasteiger partial charge in [0.1, 0.15) is 0 Å². The molecule has 0 spiro atoms. The van der Waals surface area contributed by atoms with Crippen molar-refractivity contribution < 1.29 is 9.47 Å². The summed E-state index contributed by atoms with van der Waals surface area (Å²) in [6, 6.07) is 0. The van der Waals surface area contributed by atoms with E-state index < -0.39 is 0 Å². The second-order valence-corrected chi connectivity index (χ2v) is 7.52. The molecule has 0 aromatic carbocycles. The van der Waals surface area contributed by atoms with Crippen molar-refractivity contribution in [3.8, 4) is 0 Å². The Kier molecular flexibility index (Phi) is 8.89. The second kappa shape index (κ2) is 10.9. The SMILES string of the molecule is CN=C(NCCCC(C)C)N1CCC(OCC2CCCCO2)CC1. The summed E-state index contributed by atoms with van der Waals surface area (Å²) in [6.45, 7) is 9.30. The molecule has 0 bridgehead atoms. The Morgan fingerprint density at radius 2 is 2.04 bits per heavy atom. The van der Waals surface area contributed by atoms with E-state index in [0.29, 0.717) is 12.2 Å². The van der Waals surface area contributed by atoms with Gasteiger partial charge in [0.15, 0.2) is 5.96 Å². The summed E-state index contributed by atoms with van der Waals surface area (Å²) in [5.74, 6) is 1.82. The molecule has 2 saturated heterocycles. The van der Waals surface area contributed by atoms with Gasteiger partial charge in [-0.25, -0.2) is 0 Å². The van der Waals surface area contributed by atoms with Crippen LogP contribution in [-0.4, -0.2) is 63.0 Å². The van der Waals surface area contributed by atoms with Gasteiger partial charge in [0, 0.05) is 33.3 Å². The minimum atomic E-state index is 0.326. The van der Waals surface area contributed by atoms with Crippen LogP contribution in [0.5, 0.6) is 0 Å². The molecule has 0 aromatic rings. The third kappa shape index (κ3) is 6.98. The number of hydrogen-bond donors (Lipinski definition) is 1. The van der Waals surface area contributed by atoms with Crippen LogP contribution in [-0.2, 0) is 9.47 Å². The molecule has 140 valence electrons. The maximum absolute atomic E-state index is 6.10. The number of nitrogens with zero attached hydrogens (tertiary/aromatic N) is 2. The minimum absolute atomic E-state index is 0.326. The number of guanidine groups is 1. The summed E-state index contributed by atoms with van der Waals surface area (Å²) in [6.07, 6.45) is 8.99. The van der Waals surface area contributed by atoms with Crippen LogP contribution in [0.15, 0.2) is 4.99 Å². The van der Waals surface area contributed by atoms with Gasteiger partial charge < -0.3 is 19.7 Å². The molecular weight excluding hydrogens is 302 g/mol. The quantitative estimate of drug-likeness (QED) is 0.440. The zero-order valence-corrected chi connectivity index (χ0v) is 15.9. The fraction of sp³-hybridized carbons (Fsp3) is 0.947. The average molecular weight is 340 g/mol. The predicted octanol–water partition coefficient (Wildman–Crippen LogP) is 3.05. The maximum atomic E-state index is 6.10. The molecule has 0 saturated carbocycles. The first-order chi connectivity index (χ1) is 11.7. The summed E-state index contributed by atoms with van der Waals surface area (Å²) in [5, 5.41) is 3.51. The lowest BCUT2D eigenvalue weighted by molar-refractivity contribution is -0.0721. The highest BCUT2D eigenvalue weighted by molar-refractivity contribution is 5.79. The predicted molar refractivity (Wildman–Crippen MR) is 99.6 cm³/mol. The highest BCUT2D eigenvalue weighted by Crippen LogP contribution is 2.18. The molecule has 5 nitrogen and oxygen atoms in total. The summed E-state index contributed by atoms with van der Waals surface area (Å²) in [5.41, 5.74) is 0. The molecule has 2 fully saturated rings. The van der Waals surface area contributed by atoms with E-state index in [-0.39, 0.29) is 0 Å². The molecular formula is C19H37N3O2. The number of hydrogen-bond acceptors (Lipinski definition) is 3. The second-order valence-electron chi connectivity index (χ2n) is 7.52. The van der Waals surface area contributed by atoms with E-state index in [1.54, 1.807) is 0 Å². The highest BCUT2D eigenvalue weighted by Gasteiger charge is 2.23. The molecule has 0 aromatic heterocycles. The fourth-order valence-corrected chi connectivity index (χ4v) is 3.46. The Balaban J connectivity index is 1.61. The fourth-order valence-electron chi connectivity index (χ4n) is 3.46. The van der Waals surface area contributed by atoms with Crippen molar-refractivity contribution in [2.75, 3.05) is 39.9 Å². The van der Waals surface area contributed by atoms with Crippen molar-refractivity contribution in [3.05, 3.63) is 0 Å². The average Bonchev–Trinajstić information content (AvgIpc) is 2.61. The van der Waals surface area contributed by atoms with Crippen LogP contribution in [0.25, 0.3) is 0 Å². The number of aliphatic imine (C=N–C) groups is 1. The number of likely N-dealkylation sites (tertiary alicyclic amines) is 1. The Labute approximate surface area is 148 Å². The smallest absolute Gasteiger partial charge is 0.193 e. The molecule has 1 N–H and O–H groups in total. The topological polar surface area (TPSA) is 46.1 Å². The van der Waals surface area contributed by atoms with Crippen LogP contribution in [0.4, 0.5) is 0 Å². The van der Waals surface area contributed by atoms with Crippen molar-refractivity contribution in [1.29, 1.82) is 0 Å². The van der Waals surface area contributed by atoms with Crippen LogP contribution in [0.1, 0.15) is 58.8 Å². The van der Waals surface area contributed by atoms with E-state index in [2.05, 4.69) is 29.1 Å². The number of nitrogens with one attached hydrogen (secondary N) is 1. The van der Waals surface area contributed by atoms with Gasteiger partial charge in [0.2, 0.25) is 0 Å². The van der Waals surface area contributed by atoms with Crippen molar-refractivity contribution >= 4 is 5.96 Å².